The molecule has 0 unspecified atom stereocenters. The monoisotopic (exact) mass is 272 g/mol. The van der Waals surface area contributed by atoms with Gasteiger partial charge in [-0.2, -0.15) is 0 Å². The fourth-order valence-corrected chi connectivity index (χ4v) is 2.31. The Bertz CT molecular complexity index is 711. The van der Waals surface area contributed by atoms with Crippen molar-refractivity contribution in [2.24, 2.45) is 0 Å². The number of rotatable bonds is 1. The topological polar surface area (TPSA) is 28.7 Å². The Balaban J connectivity index is 0.00000133. The lowest BCUT2D eigenvalue weighted by molar-refractivity contribution is 1.25. The summed E-state index contributed by atoms with van der Waals surface area (Å²) < 4.78 is 0. The molecular weight excluding hydrogens is 256 g/mol. The molecule has 19 heavy (non-hydrogen) atoms. The number of hydrogen-bond acceptors (Lipinski definition) is 1. The quantitative estimate of drug-likeness (QED) is 0.690. The van der Waals surface area contributed by atoms with E-state index in [2.05, 4.69) is 61.1 Å². The number of H-pyrrole nitrogens is 1. The van der Waals surface area contributed by atoms with E-state index in [1.807, 2.05) is 6.20 Å². The zero-order valence-electron chi connectivity index (χ0n) is 11.3. The average molecular weight is 273 g/mol. The van der Waals surface area contributed by atoms with Crippen LogP contribution in [0.5, 0.6) is 0 Å². The van der Waals surface area contributed by atoms with Gasteiger partial charge in [0.25, 0.3) is 0 Å². The highest BCUT2D eigenvalue weighted by Crippen LogP contribution is 2.29. The third-order valence-electron chi connectivity index (χ3n) is 3.55. The summed E-state index contributed by atoms with van der Waals surface area (Å²) in [7, 11) is 0. The Labute approximate surface area is 119 Å². The molecule has 0 radical (unpaired) electrons. The van der Waals surface area contributed by atoms with Crippen molar-refractivity contribution in [2.45, 2.75) is 20.8 Å². The minimum atomic E-state index is 0. The van der Waals surface area contributed by atoms with Crippen molar-refractivity contribution in [1.82, 2.24) is 9.97 Å². The van der Waals surface area contributed by atoms with Crippen molar-refractivity contribution in [2.75, 3.05) is 0 Å². The average Bonchev–Trinajstić information content (AvgIpc) is 2.67. The maximum atomic E-state index is 4.53. The number of nitrogens with zero attached hydrogens (tertiary/aromatic N) is 1. The molecule has 1 N–H and O–H groups in total. The molecule has 0 saturated heterocycles. The fourth-order valence-electron chi connectivity index (χ4n) is 2.31. The number of benzene rings is 1. The van der Waals surface area contributed by atoms with Crippen molar-refractivity contribution < 1.29 is 0 Å². The van der Waals surface area contributed by atoms with Crippen LogP contribution >= 0.6 is 12.4 Å². The van der Waals surface area contributed by atoms with Crippen LogP contribution in [0.1, 0.15) is 16.8 Å². The molecule has 1 aromatic carbocycles. The van der Waals surface area contributed by atoms with Gasteiger partial charge in [-0.05, 0) is 32.4 Å². The van der Waals surface area contributed by atoms with E-state index in [-0.39, 0.29) is 12.4 Å². The van der Waals surface area contributed by atoms with E-state index in [9.17, 15) is 0 Å². The first kappa shape index (κ1) is 13.6. The molecule has 2 nitrogen and oxygen atoms in total. The Morgan fingerprint density at radius 3 is 2.32 bits per heavy atom. The summed E-state index contributed by atoms with van der Waals surface area (Å²) >= 11 is 0. The van der Waals surface area contributed by atoms with Crippen molar-refractivity contribution in [3.05, 3.63) is 53.3 Å². The van der Waals surface area contributed by atoms with E-state index in [1.165, 1.54) is 22.2 Å². The maximum absolute atomic E-state index is 4.53. The number of fused-ring (bicyclic) bond motifs is 1. The van der Waals surface area contributed by atoms with E-state index >= 15 is 0 Å². The molecule has 3 rings (SSSR count). The van der Waals surface area contributed by atoms with Crippen LogP contribution in [0.25, 0.3) is 22.2 Å². The van der Waals surface area contributed by atoms with Gasteiger partial charge in [0.2, 0.25) is 0 Å². The SMILES string of the molecule is Cc1ccc(-c2nccc3c(C)c(C)[nH]c23)cc1.Cl. The predicted octanol–water partition coefficient (Wildman–Crippen LogP) is 4.58. The highest BCUT2D eigenvalue weighted by atomic mass is 35.5. The van der Waals surface area contributed by atoms with Gasteiger partial charge in [0.1, 0.15) is 0 Å². The van der Waals surface area contributed by atoms with E-state index < -0.39 is 0 Å². The molecule has 0 atom stereocenters. The van der Waals surface area contributed by atoms with Gasteiger partial charge in [-0.1, -0.05) is 29.8 Å². The van der Waals surface area contributed by atoms with Gasteiger partial charge in [-0.3, -0.25) is 4.98 Å². The molecule has 2 heterocycles. The summed E-state index contributed by atoms with van der Waals surface area (Å²) in [6.45, 7) is 6.35. The second-order valence-electron chi connectivity index (χ2n) is 4.82. The van der Waals surface area contributed by atoms with Crippen LogP contribution in [0.4, 0.5) is 0 Å². The van der Waals surface area contributed by atoms with E-state index in [1.54, 1.807) is 0 Å². The minimum Gasteiger partial charge on any atom is -0.357 e. The number of aromatic amines is 1. The van der Waals surface area contributed by atoms with Crippen molar-refractivity contribution in [3.8, 4) is 11.3 Å². The number of pyridine rings is 1. The molecule has 3 heteroatoms. The Hall–Kier alpha value is -1.80. The largest absolute Gasteiger partial charge is 0.357 e. The highest BCUT2D eigenvalue weighted by Gasteiger charge is 2.10. The lowest BCUT2D eigenvalue weighted by Crippen LogP contribution is -1.85. The molecule has 0 bridgehead atoms. The lowest BCUT2D eigenvalue weighted by Gasteiger charge is -2.03. The van der Waals surface area contributed by atoms with Crippen LogP contribution < -0.4 is 0 Å². The molecule has 0 saturated carbocycles. The van der Waals surface area contributed by atoms with E-state index in [0.717, 1.165) is 16.8 Å². The van der Waals surface area contributed by atoms with Crippen LogP contribution in [-0.4, -0.2) is 9.97 Å². The fraction of sp³-hybridized carbons (Fsp3) is 0.188. The van der Waals surface area contributed by atoms with Crippen LogP contribution in [0, 0.1) is 20.8 Å². The summed E-state index contributed by atoms with van der Waals surface area (Å²) in [6.07, 6.45) is 1.89. The normalized spacial score (nSPS) is 10.5. The summed E-state index contributed by atoms with van der Waals surface area (Å²) in [6, 6.07) is 10.6. The van der Waals surface area contributed by atoms with Gasteiger partial charge in [-0.25, -0.2) is 0 Å². The number of nitrogens with one attached hydrogen (secondary N) is 1. The molecule has 2 aromatic heterocycles. The first-order valence-corrected chi connectivity index (χ1v) is 6.18. The zero-order chi connectivity index (χ0) is 12.7. The Kier molecular flexibility index (Phi) is 3.63. The van der Waals surface area contributed by atoms with Gasteiger partial charge in [0.05, 0.1) is 11.2 Å². The third kappa shape index (κ3) is 2.24. The zero-order valence-corrected chi connectivity index (χ0v) is 12.1. The Morgan fingerprint density at radius 1 is 0.947 bits per heavy atom. The first-order valence-electron chi connectivity index (χ1n) is 6.18. The molecular formula is C16H17ClN2. The van der Waals surface area contributed by atoms with E-state index in [4.69, 9.17) is 0 Å². The summed E-state index contributed by atoms with van der Waals surface area (Å²) in [5.74, 6) is 0. The predicted molar refractivity (Wildman–Crippen MR) is 83.0 cm³/mol. The number of aryl methyl sites for hydroxylation is 3. The van der Waals surface area contributed by atoms with Gasteiger partial charge in [0, 0.05) is 22.8 Å². The molecule has 0 aliphatic rings. The Morgan fingerprint density at radius 2 is 1.63 bits per heavy atom. The van der Waals surface area contributed by atoms with Gasteiger partial charge in [0.15, 0.2) is 0 Å². The maximum Gasteiger partial charge on any atom is 0.0942 e. The molecule has 0 aliphatic carbocycles. The van der Waals surface area contributed by atoms with Gasteiger partial charge < -0.3 is 4.98 Å². The van der Waals surface area contributed by atoms with Gasteiger partial charge in [-0.15, -0.1) is 12.4 Å². The standard InChI is InChI=1S/C16H16N2.ClH/c1-10-4-6-13(7-5-10)15-16-14(8-9-17-15)11(2)12(3)18-16;/h4-9,18H,1-3H3;1H. The number of aromatic nitrogens is 2. The molecule has 0 amide bonds. The highest BCUT2D eigenvalue weighted by molar-refractivity contribution is 5.94. The van der Waals surface area contributed by atoms with Crippen LogP contribution in [0.2, 0.25) is 0 Å². The minimum absolute atomic E-state index is 0. The van der Waals surface area contributed by atoms with E-state index in [0.29, 0.717) is 0 Å². The lowest BCUT2D eigenvalue weighted by atomic mass is 10.1. The van der Waals surface area contributed by atoms with Crippen molar-refractivity contribution >= 4 is 23.3 Å². The molecule has 0 fully saturated rings. The van der Waals surface area contributed by atoms with Crippen molar-refractivity contribution in [1.29, 1.82) is 0 Å². The van der Waals surface area contributed by atoms with Crippen LogP contribution in [0.3, 0.4) is 0 Å². The smallest absolute Gasteiger partial charge is 0.0942 e. The molecule has 98 valence electrons. The van der Waals surface area contributed by atoms with Gasteiger partial charge >= 0.3 is 0 Å². The van der Waals surface area contributed by atoms with Crippen LogP contribution in [-0.2, 0) is 0 Å². The molecule has 3 aromatic rings. The van der Waals surface area contributed by atoms with Crippen molar-refractivity contribution in [3.63, 3.8) is 0 Å². The second kappa shape index (κ2) is 5.06. The number of hydrogen-bond donors (Lipinski definition) is 1. The third-order valence-corrected chi connectivity index (χ3v) is 3.55. The summed E-state index contributed by atoms with van der Waals surface area (Å²) in [5.41, 5.74) is 7.12. The molecule has 0 spiro atoms. The summed E-state index contributed by atoms with van der Waals surface area (Å²) in [4.78, 5) is 7.98. The summed E-state index contributed by atoms with van der Waals surface area (Å²) in [5, 5.41) is 1.26. The molecule has 0 aliphatic heterocycles. The van der Waals surface area contributed by atoms with Crippen LogP contribution in [0.15, 0.2) is 36.5 Å². The number of halogens is 1. The second-order valence-corrected chi connectivity index (χ2v) is 4.82. The first-order chi connectivity index (χ1) is 8.66.